The van der Waals surface area contributed by atoms with E-state index in [1.54, 1.807) is 0 Å². The first-order chi connectivity index (χ1) is 9.61. The molecule has 3 nitrogen and oxygen atoms in total. The Kier molecular flexibility index (Phi) is 4.41. The van der Waals surface area contributed by atoms with E-state index >= 15 is 0 Å². The summed E-state index contributed by atoms with van der Waals surface area (Å²) in [6.45, 7) is 4.38. The maximum atomic E-state index is 11.8. The zero-order valence-corrected chi connectivity index (χ0v) is 12.0. The van der Waals surface area contributed by atoms with E-state index in [0.29, 0.717) is 17.9 Å². The van der Waals surface area contributed by atoms with E-state index in [0.717, 1.165) is 16.7 Å². The normalized spacial score (nSPS) is 10.2. The van der Waals surface area contributed by atoms with Crippen LogP contribution in [0.3, 0.4) is 0 Å². The molecule has 0 saturated carbocycles. The molecular weight excluding hydrogens is 252 g/mol. The Morgan fingerprint density at radius 2 is 1.70 bits per heavy atom. The van der Waals surface area contributed by atoms with Crippen molar-refractivity contribution in [1.82, 2.24) is 0 Å². The molecule has 0 heterocycles. The Hall–Kier alpha value is -2.29. The van der Waals surface area contributed by atoms with Gasteiger partial charge in [-0.2, -0.15) is 0 Å². The molecule has 0 saturated heterocycles. The molecule has 0 aliphatic rings. The van der Waals surface area contributed by atoms with Crippen molar-refractivity contribution in [3.63, 3.8) is 0 Å². The largest absolute Gasteiger partial charge is 0.488 e. The van der Waals surface area contributed by atoms with Crippen LogP contribution in [0, 0.1) is 13.8 Å². The molecular formula is C17H18O3. The standard InChI is InChI=1S/C17H18O3/c1-12-9-15(17(18)19-3)16(10-13(12)2)20-11-14-7-5-4-6-8-14/h4-10H,11H2,1-3H3. The number of hydrogen-bond acceptors (Lipinski definition) is 3. The first kappa shape index (κ1) is 14.1. The third-order valence-corrected chi connectivity index (χ3v) is 3.24. The van der Waals surface area contributed by atoms with E-state index < -0.39 is 0 Å². The zero-order chi connectivity index (χ0) is 14.5. The van der Waals surface area contributed by atoms with Crippen molar-refractivity contribution in [3.05, 3.63) is 64.7 Å². The van der Waals surface area contributed by atoms with Crippen molar-refractivity contribution < 1.29 is 14.3 Å². The van der Waals surface area contributed by atoms with Crippen LogP contribution in [0.15, 0.2) is 42.5 Å². The smallest absolute Gasteiger partial charge is 0.341 e. The van der Waals surface area contributed by atoms with Gasteiger partial charge in [0.2, 0.25) is 0 Å². The highest BCUT2D eigenvalue weighted by Gasteiger charge is 2.15. The molecule has 0 N–H and O–H groups in total. The fraction of sp³-hybridized carbons (Fsp3) is 0.235. The third kappa shape index (κ3) is 3.18. The summed E-state index contributed by atoms with van der Waals surface area (Å²) in [5, 5.41) is 0. The maximum absolute atomic E-state index is 11.8. The van der Waals surface area contributed by atoms with E-state index in [4.69, 9.17) is 9.47 Å². The summed E-state index contributed by atoms with van der Waals surface area (Å²) in [7, 11) is 1.37. The van der Waals surface area contributed by atoms with E-state index in [1.165, 1.54) is 7.11 Å². The lowest BCUT2D eigenvalue weighted by atomic mass is 10.1. The topological polar surface area (TPSA) is 35.5 Å². The zero-order valence-electron chi connectivity index (χ0n) is 12.0. The first-order valence-electron chi connectivity index (χ1n) is 6.48. The van der Waals surface area contributed by atoms with Crippen molar-refractivity contribution in [1.29, 1.82) is 0 Å². The second-order valence-corrected chi connectivity index (χ2v) is 4.70. The van der Waals surface area contributed by atoms with Crippen LogP contribution < -0.4 is 4.74 Å². The minimum Gasteiger partial charge on any atom is -0.488 e. The van der Waals surface area contributed by atoms with Gasteiger partial charge in [-0.25, -0.2) is 4.79 Å². The van der Waals surface area contributed by atoms with Crippen molar-refractivity contribution in [2.45, 2.75) is 20.5 Å². The number of methoxy groups -OCH3 is 1. The Balaban J connectivity index is 2.26. The van der Waals surface area contributed by atoms with Crippen molar-refractivity contribution in [2.24, 2.45) is 0 Å². The first-order valence-corrected chi connectivity index (χ1v) is 6.48. The Morgan fingerprint density at radius 1 is 1.05 bits per heavy atom. The molecule has 2 aromatic carbocycles. The Morgan fingerprint density at radius 3 is 2.35 bits per heavy atom. The molecule has 0 spiro atoms. The molecule has 3 heteroatoms. The SMILES string of the molecule is COC(=O)c1cc(C)c(C)cc1OCc1ccccc1. The third-order valence-electron chi connectivity index (χ3n) is 3.24. The molecule has 0 aliphatic carbocycles. The second kappa shape index (κ2) is 6.24. The summed E-state index contributed by atoms with van der Waals surface area (Å²) >= 11 is 0. The predicted molar refractivity (Wildman–Crippen MR) is 78.0 cm³/mol. The molecule has 0 radical (unpaired) electrons. The number of hydrogen-bond donors (Lipinski definition) is 0. The van der Waals surface area contributed by atoms with Crippen LogP contribution in [0.4, 0.5) is 0 Å². The van der Waals surface area contributed by atoms with Gasteiger partial charge in [-0.15, -0.1) is 0 Å². The van der Waals surface area contributed by atoms with Crippen LogP contribution >= 0.6 is 0 Å². The minimum absolute atomic E-state index is 0.379. The minimum atomic E-state index is -0.379. The van der Waals surface area contributed by atoms with E-state index in [-0.39, 0.29) is 5.97 Å². The molecule has 0 fully saturated rings. The van der Waals surface area contributed by atoms with Gasteiger partial charge in [0.05, 0.1) is 7.11 Å². The van der Waals surface area contributed by atoms with Crippen LogP contribution in [0.2, 0.25) is 0 Å². The second-order valence-electron chi connectivity index (χ2n) is 4.70. The Labute approximate surface area is 119 Å². The summed E-state index contributed by atoms with van der Waals surface area (Å²) in [5.41, 5.74) is 3.64. The van der Waals surface area contributed by atoms with Crippen molar-refractivity contribution in [2.75, 3.05) is 7.11 Å². The molecule has 0 aliphatic heterocycles. The number of carbonyl (C=O) groups is 1. The highest BCUT2D eigenvalue weighted by molar-refractivity contribution is 5.92. The highest BCUT2D eigenvalue weighted by atomic mass is 16.5. The molecule has 104 valence electrons. The number of aryl methyl sites for hydroxylation is 2. The van der Waals surface area contributed by atoms with Crippen LogP contribution in [-0.4, -0.2) is 13.1 Å². The lowest BCUT2D eigenvalue weighted by molar-refractivity contribution is 0.0595. The summed E-state index contributed by atoms with van der Waals surface area (Å²) < 4.78 is 10.6. The molecule has 0 amide bonds. The molecule has 2 aromatic rings. The summed E-state index contributed by atoms with van der Waals surface area (Å²) in [6.07, 6.45) is 0. The van der Waals surface area contributed by atoms with Gasteiger partial charge in [-0.1, -0.05) is 30.3 Å². The van der Waals surface area contributed by atoms with Gasteiger partial charge < -0.3 is 9.47 Å². The number of ether oxygens (including phenoxy) is 2. The predicted octanol–water partition coefficient (Wildman–Crippen LogP) is 3.67. The van der Waals surface area contributed by atoms with E-state index in [2.05, 4.69) is 0 Å². The Bertz CT molecular complexity index is 603. The van der Waals surface area contributed by atoms with Gasteiger partial charge in [0, 0.05) is 0 Å². The number of benzene rings is 2. The molecule has 0 bridgehead atoms. The van der Waals surface area contributed by atoms with E-state index in [1.807, 2.05) is 56.3 Å². The van der Waals surface area contributed by atoms with Crippen LogP contribution in [0.5, 0.6) is 5.75 Å². The molecule has 0 atom stereocenters. The van der Waals surface area contributed by atoms with Gasteiger partial charge in [0.15, 0.2) is 0 Å². The van der Waals surface area contributed by atoms with Crippen LogP contribution in [0.25, 0.3) is 0 Å². The summed E-state index contributed by atoms with van der Waals surface area (Å²) in [4.78, 5) is 11.8. The monoisotopic (exact) mass is 270 g/mol. The summed E-state index contributed by atoms with van der Waals surface area (Å²) in [6, 6.07) is 13.5. The highest BCUT2D eigenvalue weighted by Crippen LogP contribution is 2.25. The number of carbonyl (C=O) groups excluding carboxylic acids is 1. The van der Waals surface area contributed by atoms with Gasteiger partial charge >= 0.3 is 5.97 Å². The van der Waals surface area contributed by atoms with Gasteiger partial charge in [0.25, 0.3) is 0 Å². The van der Waals surface area contributed by atoms with Crippen LogP contribution in [0.1, 0.15) is 27.0 Å². The van der Waals surface area contributed by atoms with Gasteiger partial charge in [-0.3, -0.25) is 0 Å². The molecule has 0 unspecified atom stereocenters. The average Bonchev–Trinajstić information content (AvgIpc) is 2.48. The molecule has 2 rings (SSSR count). The van der Waals surface area contributed by atoms with Gasteiger partial charge in [-0.05, 0) is 42.7 Å². The fourth-order valence-electron chi connectivity index (χ4n) is 1.91. The van der Waals surface area contributed by atoms with Gasteiger partial charge in [0.1, 0.15) is 17.9 Å². The molecule has 0 aromatic heterocycles. The maximum Gasteiger partial charge on any atom is 0.341 e. The quantitative estimate of drug-likeness (QED) is 0.795. The molecule has 20 heavy (non-hydrogen) atoms. The fourth-order valence-corrected chi connectivity index (χ4v) is 1.91. The lowest BCUT2D eigenvalue weighted by Crippen LogP contribution is -2.07. The van der Waals surface area contributed by atoms with Crippen LogP contribution in [-0.2, 0) is 11.3 Å². The number of esters is 1. The van der Waals surface area contributed by atoms with Crippen molar-refractivity contribution in [3.8, 4) is 5.75 Å². The van der Waals surface area contributed by atoms with Crippen molar-refractivity contribution >= 4 is 5.97 Å². The van der Waals surface area contributed by atoms with E-state index in [9.17, 15) is 4.79 Å². The lowest BCUT2D eigenvalue weighted by Gasteiger charge is -2.13. The average molecular weight is 270 g/mol. The summed E-state index contributed by atoms with van der Waals surface area (Å²) in [5.74, 6) is 0.181. The number of rotatable bonds is 4.